The molecule has 164 valence electrons. The highest BCUT2D eigenvalue weighted by Gasteiger charge is 2.20. The number of carbonyl (C=O) groups excluding carboxylic acids is 1. The van der Waals surface area contributed by atoms with Gasteiger partial charge in [-0.2, -0.15) is 0 Å². The van der Waals surface area contributed by atoms with Crippen molar-refractivity contribution in [2.45, 2.75) is 58.4 Å². The number of amides is 1. The highest BCUT2D eigenvalue weighted by molar-refractivity contribution is 5.78. The van der Waals surface area contributed by atoms with Gasteiger partial charge in [0.2, 0.25) is 5.91 Å². The summed E-state index contributed by atoms with van der Waals surface area (Å²) in [6, 6.07) is 16.4. The zero-order chi connectivity index (χ0) is 21.5. The molecular weight excluding hydrogens is 386 g/mol. The van der Waals surface area contributed by atoms with Crippen LogP contribution < -0.4 is 10.1 Å². The number of rotatable bonds is 9. The minimum atomic E-state index is 0.200. The van der Waals surface area contributed by atoms with E-state index in [2.05, 4.69) is 47.1 Å². The SMILES string of the molecule is Cc1ccc(OCCCn2c(CCNC(=O)C3CCCCC3)nc3ccccc32)cc1. The molecule has 5 nitrogen and oxygen atoms in total. The molecule has 0 aliphatic heterocycles. The molecule has 0 unspecified atom stereocenters. The molecule has 0 atom stereocenters. The molecule has 4 rings (SSSR count). The van der Waals surface area contributed by atoms with Gasteiger partial charge in [-0.05, 0) is 50.5 Å². The van der Waals surface area contributed by atoms with Crippen LogP contribution in [0, 0.1) is 12.8 Å². The number of nitrogens with zero attached hydrogens (tertiary/aromatic N) is 2. The van der Waals surface area contributed by atoms with E-state index in [1.807, 2.05) is 18.2 Å². The van der Waals surface area contributed by atoms with Gasteiger partial charge in [0.05, 0.1) is 17.6 Å². The average Bonchev–Trinajstić information content (AvgIpc) is 3.16. The van der Waals surface area contributed by atoms with Crippen LogP contribution in [-0.2, 0) is 17.8 Å². The fourth-order valence-corrected chi connectivity index (χ4v) is 4.42. The standard InChI is InChI=1S/C26H33N3O2/c1-20-12-14-22(15-13-20)31-19-7-18-29-24-11-6-5-10-23(24)28-25(29)16-17-27-26(30)21-8-3-2-4-9-21/h5-6,10-15,21H,2-4,7-9,16-19H2,1H3,(H,27,30). The number of aromatic nitrogens is 2. The van der Waals surface area contributed by atoms with Crippen molar-refractivity contribution in [2.24, 2.45) is 5.92 Å². The number of hydrogen-bond donors (Lipinski definition) is 1. The van der Waals surface area contributed by atoms with Crippen LogP contribution in [0.15, 0.2) is 48.5 Å². The minimum Gasteiger partial charge on any atom is -0.494 e. The summed E-state index contributed by atoms with van der Waals surface area (Å²) < 4.78 is 8.18. The van der Waals surface area contributed by atoms with E-state index in [1.165, 1.54) is 24.8 Å². The summed E-state index contributed by atoms with van der Waals surface area (Å²) in [5.74, 6) is 2.35. The number of hydrogen-bond acceptors (Lipinski definition) is 3. The van der Waals surface area contributed by atoms with E-state index in [0.717, 1.165) is 54.8 Å². The van der Waals surface area contributed by atoms with E-state index in [-0.39, 0.29) is 11.8 Å². The van der Waals surface area contributed by atoms with Gasteiger partial charge >= 0.3 is 0 Å². The van der Waals surface area contributed by atoms with Crippen molar-refractivity contribution in [2.75, 3.05) is 13.2 Å². The van der Waals surface area contributed by atoms with Gasteiger partial charge in [-0.25, -0.2) is 4.98 Å². The van der Waals surface area contributed by atoms with Gasteiger partial charge < -0.3 is 14.6 Å². The van der Waals surface area contributed by atoms with Gasteiger partial charge in [0.25, 0.3) is 0 Å². The topological polar surface area (TPSA) is 56.1 Å². The Labute approximate surface area is 184 Å². The number of carbonyl (C=O) groups is 1. The molecule has 1 N–H and O–H groups in total. The Balaban J connectivity index is 1.33. The Morgan fingerprint density at radius 3 is 2.68 bits per heavy atom. The molecular formula is C26H33N3O2. The second kappa shape index (κ2) is 10.5. The first-order chi connectivity index (χ1) is 15.2. The van der Waals surface area contributed by atoms with E-state index in [4.69, 9.17) is 9.72 Å². The first-order valence-electron chi connectivity index (χ1n) is 11.6. The molecule has 1 aliphatic rings. The van der Waals surface area contributed by atoms with E-state index < -0.39 is 0 Å². The Bertz CT molecular complexity index is 988. The van der Waals surface area contributed by atoms with E-state index in [1.54, 1.807) is 0 Å². The zero-order valence-electron chi connectivity index (χ0n) is 18.5. The first-order valence-corrected chi connectivity index (χ1v) is 11.6. The number of para-hydroxylation sites is 2. The van der Waals surface area contributed by atoms with Crippen LogP contribution in [0.4, 0.5) is 0 Å². The smallest absolute Gasteiger partial charge is 0.223 e. The van der Waals surface area contributed by atoms with Crippen LogP contribution in [0.3, 0.4) is 0 Å². The van der Waals surface area contributed by atoms with Crippen molar-refractivity contribution in [3.8, 4) is 5.75 Å². The molecule has 3 aromatic rings. The predicted octanol–water partition coefficient (Wildman–Crippen LogP) is 5.05. The Kier molecular flexibility index (Phi) is 7.23. The second-order valence-corrected chi connectivity index (χ2v) is 8.56. The van der Waals surface area contributed by atoms with Gasteiger partial charge in [0.1, 0.15) is 11.6 Å². The summed E-state index contributed by atoms with van der Waals surface area (Å²) in [6.07, 6.45) is 7.33. The monoisotopic (exact) mass is 419 g/mol. The average molecular weight is 420 g/mol. The van der Waals surface area contributed by atoms with Crippen LogP contribution in [0.1, 0.15) is 49.9 Å². The fourth-order valence-electron chi connectivity index (χ4n) is 4.42. The van der Waals surface area contributed by atoms with Gasteiger partial charge in [-0.15, -0.1) is 0 Å². The molecule has 0 spiro atoms. The van der Waals surface area contributed by atoms with Crippen LogP contribution in [-0.4, -0.2) is 28.6 Å². The molecule has 1 heterocycles. The van der Waals surface area contributed by atoms with Gasteiger partial charge in [0.15, 0.2) is 0 Å². The molecule has 31 heavy (non-hydrogen) atoms. The van der Waals surface area contributed by atoms with Crippen molar-refractivity contribution in [1.82, 2.24) is 14.9 Å². The van der Waals surface area contributed by atoms with E-state index in [9.17, 15) is 4.79 Å². The summed E-state index contributed by atoms with van der Waals surface area (Å²) in [5.41, 5.74) is 3.39. The lowest BCUT2D eigenvalue weighted by Gasteiger charge is -2.20. The predicted molar refractivity (Wildman–Crippen MR) is 124 cm³/mol. The zero-order valence-corrected chi connectivity index (χ0v) is 18.5. The number of benzene rings is 2. The second-order valence-electron chi connectivity index (χ2n) is 8.56. The van der Waals surface area contributed by atoms with Crippen LogP contribution >= 0.6 is 0 Å². The summed E-state index contributed by atoms with van der Waals surface area (Å²) in [6.45, 7) is 4.22. The van der Waals surface area contributed by atoms with Crippen molar-refractivity contribution in [1.29, 1.82) is 0 Å². The lowest BCUT2D eigenvalue weighted by Crippen LogP contribution is -2.33. The number of nitrogens with one attached hydrogen (secondary N) is 1. The first kappa shape index (κ1) is 21.4. The van der Waals surface area contributed by atoms with Gasteiger partial charge in [-0.3, -0.25) is 4.79 Å². The molecule has 5 heteroatoms. The summed E-state index contributed by atoms with van der Waals surface area (Å²) in [7, 11) is 0. The summed E-state index contributed by atoms with van der Waals surface area (Å²) in [5, 5.41) is 3.15. The van der Waals surface area contributed by atoms with Gasteiger partial charge in [0, 0.05) is 25.4 Å². The maximum Gasteiger partial charge on any atom is 0.223 e. The number of imidazole rings is 1. The number of ether oxygens (including phenoxy) is 1. The lowest BCUT2D eigenvalue weighted by molar-refractivity contribution is -0.125. The lowest BCUT2D eigenvalue weighted by atomic mass is 9.89. The molecule has 1 aromatic heterocycles. The molecule has 0 saturated heterocycles. The fraction of sp³-hybridized carbons (Fsp3) is 0.462. The Morgan fingerprint density at radius 2 is 1.87 bits per heavy atom. The highest BCUT2D eigenvalue weighted by atomic mass is 16.5. The third kappa shape index (κ3) is 5.66. The molecule has 1 aliphatic carbocycles. The molecule has 2 aromatic carbocycles. The Hall–Kier alpha value is -2.82. The van der Waals surface area contributed by atoms with Crippen molar-refractivity contribution in [3.63, 3.8) is 0 Å². The number of aryl methyl sites for hydroxylation is 2. The molecule has 1 fully saturated rings. The summed E-state index contributed by atoms with van der Waals surface area (Å²) >= 11 is 0. The van der Waals surface area contributed by atoms with E-state index in [0.29, 0.717) is 13.2 Å². The van der Waals surface area contributed by atoms with Crippen molar-refractivity contribution in [3.05, 3.63) is 59.9 Å². The molecule has 0 radical (unpaired) electrons. The van der Waals surface area contributed by atoms with Gasteiger partial charge in [-0.1, -0.05) is 49.1 Å². The maximum atomic E-state index is 12.5. The third-order valence-corrected chi connectivity index (χ3v) is 6.17. The normalized spacial score (nSPS) is 14.6. The van der Waals surface area contributed by atoms with Crippen molar-refractivity contribution >= 4 is 16.9 Å². The largest absolute Gasteiger partial charge is 0.494 e. The third-order valence-electron chi connectivity index (χ3n) is 6.17. The number of fused-ring (bicyclic) bond motifs is 1. The molecule has 1 amide bonds. The maximum absolute atomic E-state index is 12.5. The van der Waals surface area contributed by atoms with Crippen molar-refractivity contribution < 1.29 is 9.53 Å². The van der Waals surface area contributed by atoms with Crippen LogP contribution in [0.25, 0.3) is 11.0 Å². The van der Waals surface area contributed by atoms with Crippen LogP contribution in [0.2, 0.25) is 0 Å². The minimum absolute atomic E-state index is 0.200. The highest BCUT2D eigenvalue weighted by Crippen LogP contribution is 2.23. The Morgan fingerprint density at radius 1 is 1.10 bits per heavy atom. The van der Waals surface area contributed by atoms with E-state index >= 15 is 0 Å². The summed E-state index contributed by atoms with van der Waals surface area (Å²) in [4.78, 5) is 17.3. The molecule has 1 saturated carbocycles. The molecule has 0 bridgehead atoms. The van der Waals surface area contributed by atoms with Crippen LogP contribution in [0.5, 0.6) is 5.75 Å². The quantitative estimate of drug-likeness (QED) is 0.494.